The van der Waals surface area contributed by atoms with Crippen molar-refractivity contribution < 1.29 is 9.53 Å². The number of benzene rings is 2. The van der Waals surface area contributed by atoms with Crippen LogP contribution in [0.5, 0.6) is 5.75 Å². The zero-order chi connectivity index (χ0) is 15.4. The van der Waals surface area contributed by atoms with Gasteiger partial charge in [0.15, 0.2) is 0 Å². The summed E-state index contributed by atoms with van der Waals surface area (Å²) < 4.78 is 5.16. The third kappa shape index (κ3) is 3.34. The molecule has 1 unspecified atom stereocenters. The standard InChI is InChI=1S/C17H20N2O2/c1-12(13-6-4-8-15(18)10-13)19(2)17(20)14-7-5-9-16(11-14)21-3/h4-12H,18H2,1-3H3. The summed E-state index contributed by atoms with van der Waals surface area (Å²) in [7, 11) is 3.37. The van der Waals surface area contributed by atoms with Crippen LogP contribution in [-0.4, -0.2) is 25.0 Å². The Balaban J connectivity index is 2.22. The van der Waals surface area contributed by atoms with Crippen molar-refractivity contribution in [3.8, 4) is 5.75 Å². The molecular weight excluding hydrogens is 264 g/mol. The average molecular weight is 284 g/mol. The minimum absolute atomic E-state index is 0.0520. The van der Waals surface area contributed by atoms with Crippen LogP contribution in [0, 0.1) is 0 Å². The van der Waals surface area contributed by atoms with Crippen LogP contribution in [0.3, 0.4) is 0 Å². The Hall–Kier alpha value is -2.49. The van der Waals surface area contributed by atoms with Crippen molar-refractivity contribution in [1.29, 1.82) is 0 Å². The molecule has 1 amide bonds. The van der Waals surface area contributed by atoms with E-state index >= 15 is 0 Å². The molecule has 2 N–H and O–H groups in total. The van der Waals surface area contributed by atoms with E-state index in [0.717, 1.165) is 5.56 Å². The highest BCUT2D eigenvalue weighted by Gasteiger charge is 2.19. The van der Waals surface area contributed by atoms with E-state index in [2.05, 4.69) is 0 Å². The van der Waals surface area contributed by atoms with Crippen LogP contribution in [0.4, 0.5) is 5.69 Å². The van der Waals surface area contributed by atoms with Crippen LogP contribution in [0.15, 0.2) is 48.5 Å². The Morgan fingerprint density at radius 3 is 2.57 bits per heavy atom. The minimum atomic E-state index is -0.0628. The number of carbonyl (C=O) groups excluding carboxylic acids is 1. The molecule has 0 aliphatic heterocycles. The fourth-order valence-corrected chi connectivity index (χ4v) is 2.18. The molecule has 0 radical (unpaired) electrons. The maximum Gasteiger partial charge on any atom is 0.254 e. The fourth-order valence-electron chi connectivity index (χ4n) is 2.18. The minimum Gasteiger partial charge on any atom is -0.497 e. The molecule has 0 heterocycles. The Labute approximate surface area is 125 Å². The molecule has 4 heteroatoms. The van der Waals surface area contributed by atoms with Crippen molar-refractivity contribution in [2.45, 2.75) is 13.0 Å². The lowest BCUT2D eigenvalue weighted by molar-refractivity contribution is 0.0742. The number of nitrogen functional groups attached to an aromatic ring is 1. The fraction of sp³-hybridized carbons (Fsp3) is 0.235. The zero-order valence-electron chi connectivity index (χ0n) is 12.5. The zero-order valence-corrected chi connectivity index (χ0v) is 12.5. The molecule has 0 spiro atoms. The van der Waals surface area contributed by atoms with Crippen molar-refractivity contribution in [2.24, 2.45) is 0 Å². The molecule has 21 heavy (non-hydrogen) atoms. The summed E-state index contributed by atoms with van der Waals surface area (Å²) >= 11 is 0. The topological polar surface area (TPSA) is 55.6 Å². The number of carbonyl (C=O) groups is 1. The van der Waals surface area contributed by atoms with Crippen LogP contribution in [0.25, 0.3) is 0 Å². The van der Waals surface area contributed by atoms with Gasteiger partial charge in [0.2, 0.25) is 0 Å². The van der Waals surface area contributed by atoms with Crippen molar-refractivity contribution in [3.63, 3.8) is 0 Å². The number of hydrogen-bond donors (Lipinski definition) is 1. The van der Waals surface area contributed by atoms with Crippen molar-refractivity contribution in [1.82, 2.24) is 4.90 Å². The van der Waals surface area contributed by atoms with Gasteiger partial charge < -0.3 is 15.4 Å². The molecule has 0 bridgehead atoms. The summed E-state index contributed by atoms with van der Waals surface area (Å²) in [6.07, 6.45) is 0. The molecule has 0 aliphatic rings. The first-order chi connectivity index (χ1) is 10.0. The molecule has 0 saturated heterocycles. The first kappa shape index (κ1) is 14.9. The van der Waals surface area contributed by atoms with Crippen LogP contribution in [0.1, 0.15) is 28.9 Å². The monoisotopic (exact) mass is 284 g/mol. The van der Waals surface area contributed by atoms with Gasteiger partial charge in [0, 0.05) is 18.3 Å². The quantitative estimate of drug-likeness (QED) is 0.878. The largest absolute Gasteiger partial charge is 0.497 e. The molecule has 0 aromatic heterocycles. The molecule has 2 aromatic rings. The predicted molar refractivity (Wildman–Crippen MR) is 84.4 cm³/mol. The maximum absolute atomic E-state index is 12.6. The van der Waals surface area contributed by atoms with E-state index in [1.165, 1.54) is 0 Å². The van der Waals surface area contributed by atoms with Crippen molar-refractivity contribution in [3.05, 3.63) is 59.7 Å². The van der Waals surface area contributed by atoms with E-state index in [1.807, 2.05) is 43.3 Å². The van der Waals surface area contributed by atoms with Gasteiger partial charge in [-0.3, -0.25) is 4.79 Å². The molecule has 4 nitrogen and oxygen atoms in total. The molecule has 2 aromatic carbocycles. The van der Waals surface area contributed by atoms with Gasteiger partial charge in [-0.05, 0) is 42.8 Å². The second-order valence-corrected chi connectivity index (χ2v) is 4.99. The molecule has 1 atom stereocenters. The maximum atomic E-state index is 12.6. The van der Waals surface area contributed by atoms with E-state index in [-0.39, 0.29) is 11.9 Å². The van der Waals surface area contributed by atoms with Gasteiger partial charge in [0.25, 0.3) is 5.91 Å². The number of ether oxygens (including phenoxy) is 1. The highest BCUT2D eigenvalue weighted by molar-refractivity contribution is 5.94. The number of methoxy groups -OCH3 is 1. The van der Waals surface area contributed by atoms with Gasteiger partial charge in [-0.25, -0.2) is 0 Å². The number of amides is 1. The first-order valence-electron chi connectivity index (χ1n) is 6.79. The van der Waals surface area contributed by atoms with E-state index in [1.54, 1.807) is 31.2 Å². The summed E-state index contributed by atoms with van der Waals surface area (Å²) in [5, 5.41) is 0. The Morgan fingerprint density at radius 1 is 1.19 bits per heavy atom. The van der Waals surface area contributed by atoms with E-state index in [4.69, 9.17) is 10.5 Å². The average Bonchev–Trinajstić information content (AvgIpc) is 2.52. The summed E-state index contributed by atoms with van der Waals surface area (Å²) in [4.78, 5) is 14.2. The van der Waals surface area contributed by atoms with Gasteiger partial charge in [0.05, 0.1) is 13.2 Å². The van der Waals surface area contributed by atoms with Gasteiger partial charge in [-0.15, -0.1) is 0 Å². The van der Waals surface area contributed by atoms with Gasteiger partial charge >= 0.3 is 0 Å². The van der Waals surface area contributed by atoms with E-state index in [0.29, 0.717) is 17.0 Å². The van der Waals surface area contributed by atoms with E-state index < -0.39 is 0 Å². The lowest BCUT2D eigenvalue weighted by atomic mass is 10.1. The lowest BCUT2D eigenvalue weighted by Gasteiger charge is -2.25. The highest BCUT2D eigenvalue weighted by atomic mass is 16.5. The van der Waals surface area contributed by atoms with Crippen LogP contribution in [0.2, 0.25) is 0 Å². The summed E-state index contributed by atoms with van der Waals surface area (Å²) in [6.45, 7) is 1.98. The molecule has 2 rings (SSSR count). The molecule has 0 fully saturated rings. The lowest BCUT2D eigenvalue weighted by Crippen LogP contribution is -2.29. The van der Waals surface area contributed by atoms with Crippen LogP contribution >= 0.6 is 0 Å². The molecule has 0 aliphatic carbocycles. The Bertz CT molecular complexity index is 640. The third-order valence-corrected chi connectivity index (χ3v) is 3.61. The van der Waals surface area contributed by atoms with Gasteiger partial charge in [-0.2, -0.15) is 0 Å². The number of hydrogen-bond acceptors (Lipinski definition) is 3. The highest BCUT2D eigenvalue weighted by Crippen LogP contribution is 2.23. The van der Waals surface area contributed by atoms with Gasteiger partial charge in [0.1, 0.15) is 5.75 Å². The second kappa shape index (κ2) is 6.31. The summed E-state index contributed by atoms with van der Waals surface area (Å²) in [6, 6.07) is 14.7. The van der Waals surface area contributed by atoms with Crippen molar-refractivity contribution in [2.75, 3.05) is 19.9 Å². The summed E-state index contributed by atoms with van der Waals surface area (Å²) in [5.74, 6) is 0.620. The first-order valence-corrected chi connectivity index (χ1v) is 6.79. The van der Waals surface area contributed by atoms with Crippen LogP contribution in [-0.2, 0) is 0 Å². The Kier molecular flexibility index (Phi) is 4.48. The number of nitrogens with zero attached hydrogens (tertiary/aromatic N) is 1. The SMILES string of the molecule is COc1cccc(C(=O)N(C)C(C)c2cccc(N)c2)c1. The second-order valence-electron chi connectivity index (χ2n) is 4.99. The van der Waals surface area contributed by atoms with Crippen LogP contribution < -0.4 is 10.5 Å². The molecule has 0 saturated carbocycles. The van der Waals surface area contributed by atoms with Crippen molar-refractivity contribution >= 4 is 11.6 Å². The normalized spacial score (nSPS) is 11.8. The number of anilines is 1. The number of nitrogens with two attached hydrogens (primary N) is 1. The summed E-state index contributed by atoms with van der Waals surface area (Å²) in [5.41, 5.74) is 8.11. The Morgan fingerprint density at radius 2 is 1.90 bits per heavy atom. The molecule has 110 valence electrons. The molecular formula is C17H20N2O2. The smallest absolute Gasteiger partial charge is 0.254 e. The third-order valence-electron chi connectivity index (χ3n) is 3.61. The van der Waals surface area contributed by atoms with Gasteiger partial charge in [-0.1, -0.05) is 18.2 Å². The number of rotatable bonds is 4. The van der Waals surface area contributed by atoms with E-state index in [9.17, 15) is 4.79 Å². The predicted octanol–water partition coefficient (Wildman–Crippen LogP) is 3.11.